The molecule has 0 aliphatic carbocycles. The molecule has 0 aliphatic rings. The van der Waals surface area contributed by atoms with Gasteiger partial charge >= 0.3 is 0 Å². The second kappa shape index (κ2) is 6.82. The third-order valence-corrected chi connectivity index (χ3v) is 2.28. The first-order chi connectivity index (χ1) is 7.77. The number of hydrogen-bond donors (Lipinski definition) is 1. The van der Waals surface area contributed by atoms with Gasteiger partial charge in [0.15, 0.2) is 0 Å². The SMILES string of the molecule is CCCCC(=O)NCc1cccnc1OC. The van der Waals surface area contributed by atoms with Crippen LogP contribution in [0.1, 0.15) is 31.7 Å². The highest BCUT2D eigenvalue weighted by Crippen LogP contribution is 2.12. The standard InChI is InChI=1S/C12H18N2O2/c1-3-4-7-11(15)14-9-10-6-5-8-13-12(10)16-2/h5-6,8H,3-4,7,9H2,1-2H3,(H,14,15). The predicted molar refractivity (Wildman–Crippen MR) is 62.2 cm³/mol. The molecule has 0 saturated carbocycles. The number of carbonyl (C=O) groups excluding carboxylic acids is 1. The summed E-state index contributed by atoms with van der Waals surface area (Å²) in [7, 11) is 1.57. The van der Waals surface area contributed by atoms with Crippen LogP contribution in [0.4, 0.5) is 0 Å². The fourth-order valence-electron chi connectivity index (χ4n) is 1.36. The number of pyridine rings is 1. The molecule has 0 unspecified atom stereocenters. The minimum absolute atomic E-state index is 0.0766. The van der Waals surface area contributed by atoms with Crippen molar-refractivity contribution in [2.75, 3.05) is 7.11 Å². The fourth-order valence-corrected chi connectivity index (χ4v) is 1.36. The zero-order valence-electron chi connectivity index (χ0n) is 9.82. The Bertz CT molecular complexity index is 340. The minimum Gasteiger partial charge on any atom is -0.481 e. The van der Waals surface area contributed by atoms with Crippen LogP contribution in [0.5, 0.6) is 5.88 Å². The summed E-state index contributed by atoms with van der Waals surface area (Å²) in [5, 5.41) is 2.85. The molecule has 16 heavy (non-hydrogen) atoms. The molecular formula is C12H18N2O2. The van der Waals surface area contributed by atoms with E-state index >= 15 is 0 Å². The maximum atomic E-state index is 11.4. The lowest BCUT2D eigenvalue weighted by atomic mass is 10.2. The molecule has 1 aromatic rings. The molecule has 1 aromatic heterocycles. The summed E-state index contributed by atoms with van der Waals surface area (Å²) in [5.74, 6) is 0.644. The van der Waals surface area contributed by atoms with E-state index in [4.69, 9.17) is 4.74 Å². The van der Waals surface area contributed by atoms with E-state index < -0.39 is 0 Å². The number of rotatable bonds is 6. The van der Waals surface area contributed by atoms with Gasteiger partial charge in [-0.1, -0.05) is 19.4 Å². The largest absolute Gasteiger partial charge is 0.481 e. The van der Waals surface area contributed by atoms with Gasteiger partial charge in [-0.15, -0.1) is 0 Å². The molecule has 4 nitrogen and oxygen atoms in total. The Morgan fingerprint density at radius 1 is 1.56 bits per heavy atom. The average molecular weight is 222 g/mol. The van der Waals surface area contributed by atoms with E-state index in [1.807, 2.05) is 12.1 Å². The smallest absolute Gasteiger partial charge is 0.220 e. The number of unbranched alkanes of at least 4 members (excludes halogenated alkanes) is 1. The van der Waals surface area contributed by atoms with Crippen LogP contribution in [0.15, 0.2) is 18.3 Å². The van der Waals surface area contributed by atoms with Crippen molar-refractivity contribution < 1.29 is 9.53 Å². The van der Waals surface area contributed by atoms with Crippen LogP contribution in [0.2, 0.25) is 0 Å². The fraction of sp³-hybridized carbons (Fsp3) is 0.500. The molecule has 0 aliphatic heterocycles. The van der Waals surface area contributed by atoms with Crippen molar-refractivity contribution in [2.24, 2.45) is 0 Å². The molecule has 0 bridgehead atoms. The molecule has 0 spiro atoms. The highest BCUT2D eigenvalue weighted by molar-refractivity contribution is 5.75. The second-order valence-corrected chi connectivity index (χ2v) is 3.55. The van der Waals surface area contributed by atoms with Crippen molar-refractivity contribution >= 4 is 5.91 Å². The summed E-state index contributed by atoms with van der Waals surface area (Å²) in [4.78, 5) is 15.5. The minimum atomic E-state index is 0.0766. The Morgan fingerprint density at radius 3 is 3.06 bits per heavy atom. The summed E-state index contributed by atoms with van der Waals surface area (Å²) < 4.78 is 5.10. The molecule has 4 heteroatoms. The topological polar surface area (TPSA) is 51.2 Å². The molecule has 0 fully saturated rings. The predicted octanol–water partition coefficient (Wildman–Crippen LogP) is 1.90. The summed E-state index contributed by atoms with van der Waals surface area (Å²) in [6.45, 7) is 2.54. The van der Waals surface area contributed by atoms with E-state index in [1.165, 1.54) is 0 Å². The first-order valence-electron chi connectivity index (χ1n) is 5.52. The lowest BCUT2D eigenvalue weighted by molar-refractivity contribution is -0.121. The normalized spacial score (nSPS) is 9.88. The molecule has 1 N–H and O–H groups in total. The van der Waals surface area contributed by atoms with Gasteiger partial charge in [0.25, 0.3) is 0 Å². The number of hydrogen-bond acceptors (Lipinski definition) is 3. The van der Waals surface area contributed by atoms with Gasteiger partial charge in [0.05, 0.1) is 7.11 Å². The highest BCUT2D eigenvalue weighted by Gasteiger charge is 2.05. The van der Waals surface area contributed by atoms with Crippen LogP contribution < -0.4 is 10.1 Å². The lowest BCUT2D eigenvalue weighted by Crippen LogP contribution is -2.22. The third-order valence-electron chi connectivity index (χ3n) is 2.28. The van der Waals surface area contributed by atoms with Crippen LogP contribution in [0.25, 0.3) is 0 Å². The Hall–Kier alpha value is -1.58. The molecule has 88 valence electrons. The quantitative estimate of drug-likeness (QED) is 0.799. The third kappa shape index (κ3) is 3.88. The monoisotopic (exact) mass is 222 g/mol. The van der Waals surface area contributed by atoms with Crippen LogP contribution in [0.3, 0.4) is 0 Å². The van der Waals surface area contributed by atoms with Gasteiger partial charge in [0.2, 0.25) is 11.8 Å². The highest BCUT2D eigenvalue weighted by atomic mass is 16.5. The van der Waals surface area contributed by atoms with Crippen molar-refractivity contribution in [3.05, 3.63) is 23.9 Å². The van der Waals surface area contributed by atoms with E-state index in [-0.39, 0.29) is 5.91 Å². The van der Waals surface area contributed by atoms with Gasteiger partial charge in [0.1, 0.15) is 0 Å². The molecule has 1 heterocycles. The first kappa shape index (κ1) is 12.5. The van der Waals surface area contributed by atoms with Crippen molar-refractivity contribution in [1.29, 1.82) is 0 Å². The molecule has 0 atom stereocenters. The molecule has 0 radical (unpaired) electrons. The molecule has 0 aromatic carbocycles. The van der Waals surface area contributed by atoms with Gasteiger partial charge in [-0.25, -0.2) is 4.98 Å². The van der Waals surface area contributed by atoms with Gasteiger partial charge in [-0.3, -0.25) is 4.79 Å². The van der Waals surface area contributed by atoms with Gasteiger partial charge in [-0.2, -0.15) is 0 Å². The Labute approximate surface area is 96.0 Å². The number of ether oxygens (including phenoxy) is 1. The molecular weight excluding hydrogens is 204 g/mol. The number of carbonyl (C=O) groups is 1. The van der Waals surface area contributed by atoms with Gasteiger partial charge in [-0.05, 0) is 12.5 Å². The van der Waals surface area contributed by atoms with Crippen LogP contribution in [-0.4, -0.2) is 18.0 Å². The van der Waals surface area contributed by atoms with Gasteiger partial charge in [0, 0.05) is 24.7 Å². The number of nitrogens with one attached hydrogen (secondary N) is 1. The number of methoxy groups -OCH3 is 1. The summed E-state index contributed by atoms with van der Waals surface area (Å²) in [5.41, 5.74) is 0.898. The molecule has 1 amide bonds. The molecule has 0 saturated heterocycles. The lowest BCUT2D eigenvalue weighted by Gasteiger charge is -2.08. The Balaban J connectivity index is 2.44. The number of nitrogens with zero attached hydrogens (tertiary/aromatic N) is 1. The van der Waals surface area contributed by atoms with Gasteiger partial charge < -0.3 is 10.1 Å². The van der Waals surface area contributed by atoms with E-state index in [9.17, 15) is 4.79 Å². The van der Waals surface area contributed by atoms with E-state index in [2.05, 4.69) is 17.2 Å². The van der Waals surface area contributed by atoms with E-state index in [1.54, 1.807) is 13.3 Å². The second-order valence-electron chi connectivity index (χ2n) is 3.55. The maximum absolute atomic E-state index is 11.4. The van der Waals surface area contributed by atoms with Crippen molar-refractivity contribution in [3.63, 3.8) is 0 Å². The number of amides is 1. The summed E-state index contributed by atoms with van der Waals surface area (Å²) in [6.07, 6.45) is 4.21. The zero-order chi connectivity index (χ0) is 11.8. The zero-order valence-corrected chi connectivity index (χ0v) is 9.82. The summed E-state index contributed by atoms with van der Waals surface area (Å²) >= 11 is 0. The Kier molecular flexibility index (Phi) is 5.32. The van der Waals surface area contributed by atoms with Crippen LogP contribution >= 0.6 is 0 Å². The van der Waals surface area contributed by atoms with E-state index in [0.717, 1.165) is 18.4 Å². The number of aromatic nitrogens is 1. The van der Waals surface area contributed by atoms with Crippen LogP contribution in [-0.2, 0) is 11.3 Å². The maximum Gasteiger partial charge on any atom is 0.220 e. The van der Waals surface area contributed by atoms with Crippen molar-refractivity contribution in [2.45, 2.75) is 32.7 Å². The Morgan fingerprint density at radius 2 is 2.38 bits per heavy atom. The van der Waals surface area contributed by atoms with Crippen LogP contribution in [0, 0.1) is 0 Å². The van der Waals surface area contributed by atoms with E-state index in [0.29, 0.717) is 18.8 Å². The summed E-state index contributed by atoms with van der Waals surface area (Å²) in [6, 6.07) is 3.72. The molecule has 1 rings (SSSR count). The van der Waals surface area contributed by atoms with Crippen molar-refractivity contribution in [1.82, 2.24) is 10.3 Å². The average Bonchev–Trinajstić information content (AvgIpc) is 2.34. The first-order valence-corrected chi connectivity index (χ1v) is 5.52. The van der Waals surface area contributed by atoms with Crippen molar-refractivity contribution in [3.8, 4) is 5.88 Å².